The van der Waals surface area contributed by atoms with Crippen LogP contribution in [-0.2, 0) is 9.47 Å². The zero-order valence-electron chi connectivity index (χ0n) is 14.6. The first kappa shape index (κ1) is 17.5. The molecule has 128 valence electrons. The SMILES string of the molecule is CC(C)(C)OC(=O)N1CCN(CCCO[C@H]2C[C@@H](C)C2)CC1. The van der Waals surface area contributed by atoms with Gasteiger partial charge in [-0.1, -0.05) is 6.92 Å². The van der Waals surface area contributed by atoms with Crippen LogP contribution in [0.5, 0.6) is 0 Å². The molecule has 22 heavy (non-hydrogen) atoms. The van der Waals surface area contributed by atoms with E-state index in [0.29, 0.717) is 6.10 Å². The van der Waals surface area contributed by atoms with E-state index in [2.05, 4.69) is 11.8 Å². The molecule has 0 radical (unpaired) electrons. The average molecular weight is 312 g/mol. The van der Waals surface area contributed by atoms with Crippen molar-refractivity contribution < 1.29 is 14.3 Å². The van der Waals surface area contributed by atoms with Gasteiger partial charge in [0.1, 0.15) is 5.60 Å². The van der Waals surface area contributed by atoms with Crippen molar-refractivity contribution >= 4 is 6.09 Å². The average Bonchev–Trinajstić information content (AvgIpc) is 2.40. The van der Waals surface area contributed by atoms with E-state index < -0.39 is 5.60 Å². The molecule has 0 aromatic rings. The van der Waals surface area contributed by atoms with Gasteiger partial charge in [-0.2, -0.15) is 0 Å². The van der Waals surface area contributed by atoms with Gasteiger partial charge in [-0.15, -0.1) is 0 Å². The summed E-state index contributed by atoms with van der Waals surface area (Å²) in [4.78, 5) is 16.2. The lowest BCUT2D eigenvalue weighted by molar-refractivity contribution is -0.0295. The molecular formula is C17H32N2O3. The van der Waals surface area contributed by atoms with Gasteiger partial charge in [0, 0.05) is 39.3 Å². The molecule has 5 nitrogen and oxygen atoms in total. The van der Waals surface area contributed by atoms with Crippen LogP contribution in [0.15, 0.2) is 0 Å². The fourth-order valence-electron chi connectivity index (χ4n) is 2.98. The first-order valence-corrected chi connectivity index (χ1v) is 8.65. The maximum atomic E-state index is 12.0. The van der Waals surface area contributed by atoms with Crippen LogP contribution in [0.2, 0.25) is 0 Å². The van der Waals surface area contributed by atoms with E-state index >= 15 is 0 Å². The van der Waals surface area contributed by atoms with Crippen LogP contribution in [0, 0.1) is 5.92 Å². The van der Waals surface area contributed by atoms with Gasteiger partial charge in [-0.05, 0) is 46.0 Å². The topological polar surface area (TPSA) is 42.0 Å². The fraction of sp³-hybridized carbons (Fsp3) is 0.941. The molecule has 1 heterocycles. The van der Waals surface area contributed by atoms with Crippen LogP contribution in [0.3, 0.4) is 0 Å². The normalized spacial score (nSPS) is 26.6. The molecule has 0 unspecified atom stereocenters. The Balaban J connectivity index is 1.54. The summed E-state index contributed by atoms with van der Waals surface area (Å²) in [7, 11) is 0. The first-order valence-electron chi connectivity index (χ1n) is 8.65. The Morgan fingerprint density at radius 3 is 2.32 bits per heavy atom. The van der Waals surface area contributed by atoms with E-state index in [9.17, 15) is 4.79 Å². The predicted octanol–water partition coefficient (Wildman–Crippen LogP) is 2.74. The standard InChI is InChI=1S/C17H32N2O3/c1-14-12-15(13-14)21-11-5-6-18-7-9-19(10-8-18)16(20)22-17(2,3)4/h14-15H,5-13H2,1-4H3/t14-,15+. The van der Waals surface area contributed by atoms with Gasteiger partial charge < -0.3 is 14.4 Å². The Hall–Kier alpha value is -0.810. The largest absolute Gasteiger partial charge is 0.444 e. The molecule has 5 heteroatoms. The molecule has 0 N–H and O–H groups in total. The first-order chi connectivity index (χ1) is 10.3. The van der Waals surface area contributed by atoms with E-state index in [1.54, 1.807) is 0 Å². The number of hydrogen-bond acceptors (Lipinski definition) is 4. The molecule has 2 rings (SSSR count). The molecule has 0 spiro atoms. The Kier molecular flexibility index (Phi) is 6.09. The van der Waals surface area contributed by atoms with Crippen molar-refractivity contribution in [1.82, 2.24) is 9.80 Å². The van der Waals surface area contributed by atoms with Gasteiger partial charge >= 0.3 is 6.09 Å². The zero-order valence-corrected chi connectivity index (χ0v) is 14.6. The highest BCUT2D eigenvalue weighted by Crippen LogP contribution is 2.29. The number of rotatable bonds is 5. The third kappa shape index (κ3) is 5.76. The molecule has 1 saturated carbocycles. The summed E-state index contributed by atoms with van der Waals surface area (Å²) in [5, 5.41) is 0. The molecule has 0 bridgehead atoms. The molecule has 1 amide bonds. The summed E-state index contributed by atoms with van der Waals surface area (Å²) in [6.07, 6.45) is 3.87. The van der Waals surface area contributed by atoms with Crippen molar-refractivity contribution in [2.24, 2.45) is 5.92 Å². The summed E-state index contributed by atoms with van der Waals surface area (Å²) in [6.45, 7) is 13.3. The number of ether oxygens (including phenoxy) is 2. The molecule has 1 aliphatic carbocycles. The maximum absolute atomic E-state index is 12.0. The Morgan fingerprint density at radius 1 is 1.14 bits per heavy atom. The lowest BCUT2D eigenvalue weighted by Gasteiger charge is -2.36. The van der Waals surface area contributed by atoms with E-state index in [1.807, 2.05) is 25.7 Å². The van der Waals surface area contributed by atoms with Crippen LogP contribution < -0.4 is 0 Å². The second-order valence-electron chi connectivity index (χ2n) is 7.73. The monoisotopic (exact) mass is 312 g/mol. The quantitative estimate of drug-likeness (QED) is 0.732. The second kappa shape index (κ2) is 7.64. The lowest BCUT2D eigenvalue weighted by Crippen LogP contribution is -2.50. The van der Waals surface area contributed by atoms with Crippen molar-refractivity contribution in [3.05, 3.63) is 0 Å². The summed E-state index contributed by atoms with van der Waals surface area (Å²) in [6, 6.07) is 0. The number of nitrogens with zero attached hydrogens (tertiary/aromatic N) is 2. The summed E-state index contributed by atoms with van der Waals surface area (Å²) >= 11 is 0. The van der Waals surface area contributed by atoms with Crippen LogP contribution in [0.1, 0.15) is 47.0 Å². The van der Waals surface area contributed by atoms with Crippen LogP contribution >= 0.6 is 0 Å². The minimum atomic E-state index is -0.412. The molecule has 1 aliphatic heterocycles. The third-order valence-electron chi connectivity index (χ3n) is 4.33. The van der Waals surface area contributed by atoms with Gasteiger partial charge in [0.05, 0.1) is 6.10 Å². The van der Waals surface area contributed by atoms with E-state index in [1.165, 1.54) is 12.8 Å². The summed E-state index contributed by atoms with van der Waals surface area (Å²) in [5.74, 6) is 0.853. The van der Waals surface area contributed by atoms with Crippen molar-refractivity contribution in [3.63, 3.8) is 0 Å². The van der Waals surface area contributed by atoms with E-state index in [-0.39, 0.29) is 6.09 Å². The Bertz CT molecular complexity index is 353. The second-order valence-corrected chi connectivity index (χ2v) is 7.73. The zero-order chi connectivity index (χ0) is 16.2. The highest BCUT2D eigenvalue weighted by atomic mass is 16.6. The molecule has 0 aromatic heterocycles. The Labute approximate surface area is 134 Å². The molecule has 1 saturated heterocycles. The number of carbonyl (C=O) groups is 1. The highest BCUT2D eigenvalue weighted by molar-refractivity contribution is 5.68. The summed E-state index contributed by atoms with van der Waals surface area (Å²) in [5.41, 5.74) is -0.412. The van der Waals surface area contributed by atoms with Gasteiger partial charge in [0.2, 0.25) is 0 Å². The molecule has 0 aromatic carbocycles. The molecule has 0 atom stereocenters. The highest BCUT2D eigenvalue weighted by Gasteiger charge is 2.27. The minimum absolute atomic E-state index is 0.186. The predicted molar refractivity (Wildman–Crippen MR) is 87.0 cm³/mol. The molecule has 2 fully saturated rings. The van der Waals surface area contributed by atoms with Crippen molar-refractivity contribution in [2.75, 3.05) is 39.3 Å². The van der Waals surface area contributed by atoms with Gasteiger partial charge in [-0.3, -0.25) is 4.90 Å². The number of piperazine rings is 1. The van der Waals surface area contributed by atoms with Crippen LogP contribution in [-0.4, -0.2) is 66.9 Å². The van der Waals surface area contributed by atoms with Crippen molar-refractivity contribution in [1.29, 1.82) is 0 Å². The number of hydrogen-bond donors (Lipinski definition) is 0. The van der Waals surface area contributed by atoms with Crippen molar-refractivity contribution in [2.45, 2.75) is 58.7 Å². The van der Waals surface area contributed by atoms with Gasteiger partial charge in [0.25, 0.3) is 0 Å². The summed E-state index contributed by atoms with van der Waals surface area (Å²) < 4.78 is 11.3. The number of amides is 1. The lowest BCUT2D eigenvalue weighted by atomic mass is 9.84. The van der Waals surface area contributed by atoms with Crippen LogP contribution in [0.25, 0.3) is 0 Å². The van der Waals surface area contributed by atoms with Crippen LogP contribution in [0.4, 0.5) is 4.79 Å². The maximum Gasteiger partial charge on any atom is 0.410 e. The number of carbonyl (C=O) groups excluding carboxylic acids is 1. The Morgan fingerprint density at radius 2 is 1.77 bits per heavy atom. The third-order valence-corrected chi connectivity index (χ3v) is 4.33. The van der Waals surface area contributed by atoms with E-state index in [4.69, 9.17) is 9.47 Å². The van der Waals surface area contributed by atoms with E-state index in [0.717, 1.165) is 51.7 Å². The van der Waals surface area contributed by atoms with Gasteiger partial charge in [-0.25, -0.2) is 4.79 Å². The minimum Gasteiger partial charge on any atom is -0.444 e. The smallest absolute Gasteiger partial charge is 0.410 e. The molecule has 2 aliphatic rings. The van der Waals surface area contributed by atoms with Crippen molar-refractivity contribution in [3.8, 4) is 0 Å². The molecular weight excluding hydrogens is 280 g/mol. The van der Waals surface area contributed by atoms with Gasteiger partial charge in [0.15, 0.2) is 0 Å². The fourth-order valence-corrected chi connectivity index (χ4v) is 2.98.